The fourth-order valence-corrected chi connectivity index (χ4v) is 3.78. The zero-order valence-electron chi connectivity index (χ0n) is 16.5. The van der Waals surface area contributed by atoms with E-state index < -0.39 is 16.7 Å². The highest BCUT2D eigenvalue weighted by Gasteiger charge is 2.21. The standard InChI is InChI=1S/C21H21N5O3S/c1-12-6-5-7-14(10-12)26-17(22)11-18(27)25-21(26)30-13(2)20(29)24-16-9-4-3-8-15(16)19(23)28/h3-11,13H,22H2,1-2H3,(H2,23,28)(H,24,29). The molecule has 0 saturated heterocycles. The van der Waals surface area contributed by atoms with Gasteiger partial charge in [0, 0.05) is 11.8 Å². The highest BCUT2D eigenvalue weighted by molar-refractivity contribution is 8.00. The number of carbonyl (C=O) groups is 2. The molecule has 0 aliphatic heterocycles. The van der Waals surface area contributed by atoms with Crippen molar-refractivity contribution in [2.45, 2.75) is 24.3 Å². The van der Waals surface area contributed by atoms with E-state index in [1.165, 1.54) is 12.1 Å². The summed E-state index contributed by atoms with van der Waals surface area (Å²) >= 11 is 1.08. The molecule has 0 aliphatic rings. The molecule has 1 unspecified atom stereocenters. The summed E-state index contributed by atoms with van der Waals surface area (Å²) in [6.07, 6.45) is 0. The second-order valence-corrected chi connectivity index (χ2v) is 7.94. The SMILES string of the molecule is Cc1cccc(-n2c(N)cc(=O)nc2SC(C)C(=O)Nc2ccccc2C(N)=O)c1. The van der Waals surface area contributed by atoms with Crippen LogP contribution >= 0.6 is 11.8 Å². The molecule has 3 aromatic rings. The number of nitrogens with two attached hydrogens (primary N) is 2. The fourth-order valence-electron chi connectivity index (χ4n) is 2.84. The minimum absolute atomic E-state index is 0.210. The Labute approximate surface area is 177 Å². The summed E-state index contributed by atoms with van der Waals surface area (Å²) in [5.74, 6) is -0.798. The van der Waals surface area contributed by atoms with Crippen LogP contribution in [-0.4, -0.2) is 26.6 Å². The molecule has 2 aromatic carbocycles. The minimum Gasteiger partial charge on any atom is -0.385 e. The number of aromatic nitrogens is 2. The molecule has 3 rings (SSSR count). The van der Waals surface area contributed by atoms with E-state index in [0.29, 0.717) is 5.69 Å². The Morgan fingerprint density at radius 3 is 2.57 bits per heavy atom. The van der Waals surface area contributed by atoms with Gasteiger partial charge in [0.25, 0.3) is 11.5 Å². The normalized spacial score (nSPS) is 11.7. The van der Waals surface area contributed by atoms with Crippen LogP contribution in [-0.2, 0) is 4.79 Å². The molecule has 1 heterocycles. The number of nitrogens with one attached hydrogen (secondary N) is 1. The summed E-state index contributed by atoms with van der Waals surface area (Å²) in [5.41, 5.74) is 13.2. The largest absolute Gasteiger partial charge is 0.385 e. The number of nitrogen functional groups attached to an aromatic ring is 1. The first-order chi connectivity index (χ1) is 14.3. The first-order valence-electron chi connectivity index (χ1n) is 9.09. The number of amides is 2. The van der Waals surface area contributed by atoms with Gasteiger partial charge < -0.3 is 16.8 Å². The number of thioether (sulfide) groups is 1. The zero-order valence-corrected chi connectivity index (χ0v) is 17.3. The molecule has 2 amide bonds. The maximum absolute atomic E-state index is 12.7. The van der Waals surface area contributed by atoms with Crippen LogP contribution in [0.25, 0.3) is 5.69 Å². The summed E-state index contributed by atoms with van der Waals surface area (Å²) < 4.78 is 1.63. The van der Waals surface area contributed by atoms with Gasteiger partial charge in [-0.25, -0.2) is 0 Å². The van der Waals surface area contributed by atoms with Crippen molar-refractivity contribution in [1.82, 2.24) is 9.55 Å². The van der Waals surface area contributed by atoms with Crippen LogP contribution in [0.3, 0.4) is 0 Å². The van der Waals surface area contributed by atoms with Crippen molar-refractivity contribution >= 4 is 35.1 Å². The first-order valence-corrected chi connectivity index (χ1v) is 9.97. The van der Waals surface area contributed by atoms with Crippen molar-refractivity contribution in [2.24, 2.45) is 5.73 Å². The quantitative estimate of drug-likeness (QED) is 0.412. The molecule has 9 heteroatoms. The van der Waals surface area contributed by atoms with Crippen molar-refractivity contribution in [1.29, 1.82) is 0 Å². The zero-order chi connectivity index (χ0) is 21.8. The highest BCUT2D eigenvalue weighted by Crippen LogP contribution is 2.27. The third-order valence-corrected chi connectivity index (χ3v) is 5.34. The second kappa shape index (κ2) is 8.83. The molecule has 0 fully saturated rings. The number of hydrogen-bond donors (Lipinski definition) is 3. The number of nitrogens with zero attached hydrogens (tertiary/aromatic N) is 2. The van der Waals surface area contributed by atoms with Gasteiger partial charge in [-0.1, -0.05) is 36.0 Å². The molecule has 5 N–H and O–H groups in total. The summed E-state index contributed by atoms with van der Waals surface area (Å²) in [7, 11) is 0. The molecular weight excluding hydrogens is 402 g/mol. The summed E-state index contributed by atoms with van der Waals surface area (Å²) in [6, 6.07) is 15.3. The van der Waals surface area contributed by atoms with Gasteiger partial charge in [-0.05, 0) is 43.7 Å². The topological polar surface area (TPSA) is 133 Å². The lowest BCUT2D eigenvalue weighted by Crippen LogP contribution is -2.26. The van der Waals surface area contributed by atoms with Crippen molar-refractivity contribution < 1.29 is 9.59 Å². The summed E-state index contributed by atoms with van der Waals surface area (Å²) in [6.45, 7) is 3.61. The van der Waals surface area contributed by atoms with E-state index in [0.717, 1.165) is 23.0 Å². The number of rotatable bonds is 6. The van der Waals surface area contributed by atoms with Crippen molar-refractivity contribution in [2.75, 3.05) is 11.1 Å². The van der Waals surface area contributed by atoms with E-state index in [1.54, 1.807) is 29.7 Å². The molecule has 154 valence electrons. The Morgan fingerprint density at radius 1 is 1.13 bits per heavy atom. The molecule has 0 bridgehead atoms. The predicted molar refractivity (Wildman–Crippen MR) is 118 cm³/mol. The smallest absolute Gasteiger partial charge is 0.275 e. The van der Waals surface area contributed by atoms with Crippen LogP contribution in [0.2, 0.25) is 0 Å². The van der Waals surface area contributed by atoms with Crippen molar-refractivity contribution in [3.8, 4) is 5.69 Å². The number of carbonyl (C=O) groups excluding carboxylic acids is 2. The van der Waals surface area contributed by atoms with Gasteiger partial charge in [0.15, 0.2) is 5.16 Å². The average molecular weight is 423 g/mol. The molecule has 0 aliphatic carbocycles. The Hall–Kier alpha value is -3.59. The van der Waals surface area contributed by atoms with Crippen molar-refractivity contribution in [3.05, 3.63) is 76.1 Å². The van der Waals surface area contributed by atoms with Crippen LogP contribution in [0.5, 0.6) is 0 Å². The second-order valence-electron chi connectivity index (χ2n) is 6.64. The lowest BCUT2D eigenvalue weighted by Gasteiger charge is -2.18. The van der Waals surface area contributed by atoms with E-state index in [9.17, 15) is 14.4 Å². The molecule has 0 spiro atoms. The van der Waals surface area contributed by atoms with Gasteiger partial charge in [0.05, 0.1) is 16.5 Å². The number of benzene rings is 2. The van der Waals surface area contributed by atoms with Crippen LogP contribution < -0.4 is 22.3 Å². The van der Waals surface area contributed by atoms with Gasteiger partial charge in [0.2, 0.25) is 5.91 Å². The third kappa shape index (κ3) is 4.69. The van der Waals surface area contributed by atoms with Crippen molar-refractivity contribution in [3.63, 3.8) is 0 Å². The first kappa shape index (κ1) is 21.1. The average Bonchev–Trinajstić information content (AvgIpc) is 2.67. The Morgan fingerprint density at radius 2 is 1.87 bits per heavy atom. The molecule has 1 aromatic heterocycles. The van der Waals surface area contributed by atoms with Gasteiger partial charge in [0.1, 0.15) is 5.82 Å². The lowest BCUT2D eigenvalue weighted by atomic mass is 10.1. The van der Waals surface area contributed by atoms with Gasteiger partial charge in [-0.15, -0.1) is 0 Å². The number of anilines is 2. The third-order valence-electron chi connectivity index (χ3n) is 4.29. The van der Waals surface area contributed by atoms with Gasteiger partial charge in [-0.2, -0.15) is 4.98 Å². The summed E-state index contributed by atoms with van der Waals surface area (Å²) in [5, 5.41) is 2.35. The molecular formula is C21H21N5O3S. The van der Waals surface area contributed by atoms with Crippen LogP contribution in [0.15, 0.2) is 64.5 Å². The maximum Gasteiger partial charge on any atom is 0.275 e. The fraction of sp³-hybridized carbons (Fsp3) is 0.143. The molecule has 1 atom stereocenters. The van der Waals surface area contributed by atoms with Gasteiger partial charge in [-0.3, -0.25) is 19.0 Å². The number of para-hydroxylation sites is 1. The lowest BCUT2D eigenvalue weighted by molar-refractivity contribution is -0.115. The van der Waals surface area contributed by atoms with E-state index in [2.05, 4.69) is 10.3 Å². The molecule has 8 nitrogen and oxygen atoms in total. The van der Waals surface area contributed by atoms with E-state index in [4.69, 9.17) is 11.5 Å². The molecule has 0 radical (unpaired) electrons. The summed E-state index contributed by atoms with van der Waals surface area (Å²) in [4.78, 5) is 40.3. The number of primary amides is 1. The Kier molecular flexibility index (Phi) is 6.22. The van der Waals surface area contributed by atoms with Crippen LogP contribution in [0.4, 0.5) is 11.5 Å². The van der Waals surface area contributed by atoms with E-state index in [-0.39, 0.29) is 22.4 Å². The Bertz CT molecular complexity index is 1180. The van der Waals surface area contributed by atoms with E-state index in [1.807, 2.05) is 31.2 Å². The monoisotopic (exact) mass is 423 g/mol. The minimum atomic E-state index is -0.643. The maximum atomic E-state index is 12.7. The molecule has 0 saturated carbocycles. The van der Waals surface area contributed by atoms with E-state index >= 15 is 0 Å². The molecule has 30 heavy (non-hydrogen) atoms. The van der Waals surface area contributed by atoms with Gasteiger partial charge >= 0.3 is 0 Å². The highest BCUT2D eigenvalue weighted by atomic mass is 32.2. The number of hydrogen-bond acceptors (Lipinski definition) is 6. The Balaban J connectivity index is 1.90. The van der Waals surface area contributed by atoms with Crippen LogP contribution in [0.1, 0.15) is 22.8 Å². The number of aryl methyl sites for hydroxylation is 1. The predicted octanol–water partition coefficient (Wildman–Crippen LogP) is 2.34. The van der Waals surface area contributed by atoms with Crippen LogP contribution in [0, 0.1) is 6.92 Å².